The molecule has 0 radical (unpaired) electrons. The van der Waals surface area contributed by atoms with Gasteiger partial charge in [0.05, 0.1) is 7.11 Å². The monoisotopic (exact) mass is 363 g/mol. The fraction of sp³-hybridized carbons (Fsp3) is 0.444. The molecule has 1 aliphatic heterocycles. The molecule has 6 nitrogen and oxygen atoms in total. The van der Waals surface area contributed by atoms with E-state index in [9.17, 15) is 9.90 Å². The molecule has 1 saturated heterocycles. The zero-order chi connectivity index (χ0) is 17.8. The minimum Gasteiger partial charge on any atom is -0.496 e. The van der Waals surface area contributed by atoms with Crippen molar-refractivity contribution >= 4 is 17.6 Å². The zero-order valence-corrected chi connectivity index (χ0v) is 14.9. The molecule has 1 aliphatic rings. The minimum atomic E-state index is -0.906. The second-order valence-electron chi connectivity index (χ2n) is 6.30. The molecule has 1 atom stereocenters. The Labute approximate surface area is 152 Å². The fourth-order valence-corrected chi connectivity index (χ4v) is 3.76. The van der Waals surface area contributed by atoms with E-state index in [4.69, 9.17) is 16.3 Å². The maximum absolute atomic E-state index is 12.0. The predicted octanol–water partition coefficient (Wildman–Crippen LogP) is 3.08. The van der Waals surface area contributed by atoms with Crippen molar-refractivity contribution in [2.75, 3.05) is 20.2 Å². The van der Waals surface area contributed by atoms with E-state index in [1.807, 2.05) is 21.8 Å². The van der Waals surface area contributed by atoms with Gasteiger partial charge in [0.1, 0.15) is 11.8 Å². The standard InChI is InChI=1S/C18H22ClN3O3/c1-25-15-5-2-4-14(19)16(15)17(18(23)24)21-10-6-13(7-11-21)12-22-9-3-8-20-22/h2-5,8-9,13,17H,6-7,10-12H2,1H3,(H,23,24). The zero-order valence-electron chi connectivity index (χ0n) is 14.1. The average molecular weight is 364 g/mol. The average Bonchev–Trinajstić information content (AvgIpc) is 3.10. The third-order valence-electron chi connectivity index (χ3n) is 4.76. The first-order valence-electron chi connectivity index (χ1n) is 8.37. The summed E-state index contributed by atoms with van der Waals surface area (Å²) in [7, 11) is 1.53. The lowest BCUT2D eigenvalue weighted by Gasteiger charge is -2.36. The maximum atomic E-state index is 12.0. The highest BCUT2D eigenvalue weighted by atomic mass is 35.5. The van der Waals surface area contributed by atoms with Crippen LogP contribution in [0.1, 0.15) is 24.4 Å². The third kappa shape index (κ3) is 3.96. The van der Waals surface area contributed by atoms with Crippen LogP contribution in [-0.4, -0.2) is 46.0 Å². The molecule has 1 N–H and O–H groups in total. The molecule has 0 saturated carbocycles. The Morgan fingerprint density at radius 1 is 1.40 bits per heavy atom. The second-order valence-corrected chi connectivity index (χ2v) is 6.71. The molecule has 1 aromatic carbocycles. The van der Waals surface area contributed by atoms with Gasteiger partial charge in [0.25, 0.3) is 0 Å². The van der Waals surface area contributed by atoms with Crippen molar-refractivity contribution in [1.82, 2.24) is 14.7 Å². The molecular weight excluding hydrogens is 342 g/mol. The van der Waals surface area contributed by atoms with E-state index in [0.717, 1.165) is 19.4 Å². The highest BCUT2D eigenvalue weighted by Gasteiger charge is 2.34. The SMILES string of the molecule is COc1cccc(Cl)c1C(C(=O)O)N1CCC(Cn2cccn2)CC1. The van der Waals surface area contributed by atoms with Crippen molar-refractivity contribution in [3.8, 4) is 5.75 Å². The second kappa shape index (κ2) is 7.89. The number of halogens is 1. The summed E-state index contributed by atoms with van der Waals surface area (Å²) >= 11 is 6.31. The van der Waals surface area contributed by atoms with Crippen molar-refractivity contribution in [3.63, 3.8) is 0 Å². The highest BCUT2D eigenvalue weighted by molar-refractivity contribution is 6.31. The number of aliphatic carboxylic acids is 1. The number of methoxy groups -OCH3 is 1. The summed E-state index contributed by atoms with van der Waals surface area (Å²) in [5, 5.41) is 14.5. The number of carboxylic acids is 1. The van der Waals surface area contributed by atoms with Gasteiger partial charge in [-0.1, -0.05) is 17.7 Å². The summed E-state index contributed by atoms with van der Waals surface area (Å²) in [6, 6.07) is 6.34. The van der Waals surface area contributed by atoms with E-state index >= 15 is 0 Å². The summed E-state index contributed by atoms with van der Waals surface area (Å²) in [6.45, 7) is 2.28. The molecule has 0 amide bonds. The quantitative estimate of drug-likeness (QED) is 0.854. The van der Waals surface area contributed by atoms with E-state index in [2.05, 4.69) is 5.10 Å². The van der Waals surface area contributed by atoms with E-state index < -0.39 is 12.0 Å². The smallest absolute Gasteiger partial charge is 0.325 e. The number of rotatable bonds is 6. The third-order valence-corrected chi connectivity index (χ3v) is 5.09. The Balaban J connectivity index is 1.74. The lowest BCUT2D eigenvalue weighted by atomic mass is 9.94. The lowest BCUT2D eigenvalue weighted by molar-refractivity contribution is -0.144. The number of nitrogens with zero attached hydrogens (tertiary/aromatic N) is 3. The van der Waals surface area contributed by atoms with Crippen LogP contribution in [0.4, 0.5) is 0 Å². The van der Waals surface area contributed by atoms with Crippen molar-refractivity contribution in [1.29, 1.82) is 0 Å². The van der Waals surface area contributed by atoms with Gasteiger partial charge in [-0.25, -0.2) is 0 Å². The highest BCUT2D eigenvalue weighted by Crippen LogP contribution is 2.37. The lowest BCUT2D eigenvalue weighted by Crippen LogP contribution is -2.41. The van der Waals surface area contributed by atoms with Crippen molar-refractivity contribution in [2.24, 2.45) is 5.92 Å². The van der Waals surface area contributed by atoms with Crippen molar-refractivity contribution in [3.05, 3.63) is 47.2 Å². The van der Waals surface area contributed by atoms with Crippen LogP contribution in [0.5, 0.6) is 5.75 Å². The molecule has 7 heteroatoms. The largest absolute Gasteiger partial charge is 0.496 e. The minimum absolute atomic E-state index is 0.422. The molecule has 0 spiro atoms. The number of hydrogen-bond donors (Lipinski definition) is 1. The molecule has 0 bridgehead atoms. The number of likely N-dealkylation sites (tertiary alicyclic amines) is 1. The Kier molecular flexibility index (Phi) is 5.60. The number of aromatic nitrogens is 2. The van der Waals surface area contributed by atoms with Crippen LogP contribution >= 0.6 is 11.6 Å². The van der Waals surface area contributed by atoms with Gasteiger partial charge in [0, 0.05) is 29.5 Å². The summed E-state index contributed by atoms with van der Waals surface area (Å²) in [5.41, 5.74) is 0.532. The van der Waals surface area contributed by atoms with Crippen molar-refractivity contribution < 1.29 is 14.6 Å². The van der Waals surface area contributed by atoms with E-state index in [1.54, 1.807) is 24.4 Å². The van der Waals surface area contributed by atoms with Crippen LogP contribution in [0.15, 0.2) is 36.7 Å². The van der Waals surface area contributed by atoms with Crippen LogP contribution < -0.4 is 4.74 Å². The number of benzene rings is 1. The van der Waals surface area contributed by atoms with E-state index in [1.165, 1.54) is 7.11 Å². The first-order valence-corrected chi connectivity index (χ1v) is 8.74. The topological polar surface area (TPSA) is 67.6 Å². The van der Waals surface area contributed by atoms with Gasteiger partial charge in [-0.3, -0.25) is 14.4 Å². The van der Waals surface area contributed by atoms with Gasteiger partial charge in [-0.2, -0.15) is 5.10 Å². The fourth-order valence-electron chi connectivity index (χ4n) is 3.49. The Morgan fingerprint density at radius 3 is 2.76 bits per heavy atom. The number of carbonyl (C=O) groups is 1. The molecule has 1 aromatic heterocycles. The van der Waals surface area contributed by atoms with Gasteiger partial charge in [0.15, 0.2) is 0 Å². The van der Waals surface area contributed by atoms with Crippen LogP contribution in [0.25, 0.3) is 0 Å². The Hall–Kier alpha value is -2.05. The summed E-state index contributed by atoms with van der Waals surface area (Å²) in [6.07, 6.45) is 5.59. The molecule has 2 aromatic rings. The van der Waals surface area contributed by atoms with E-state index in [0.29, 0.717) is 35.3 Å². The van der Waals surface area contributed by atoms with Crippen LogP contribution in [0.2, 0.25) is 5.02 Å². The molecule has 0 aliphatic carbocycles. The van der Waals surface area contributed by atoms with Gasteiger partial charge < -0.3 is 9.84 Å². The summed E-state index contributed by atoms with van der Waals surface area (Å²) < 4.78 is 7.29. The Morgan fingerprint density at radius 2 is 2.16 bits per heavy atom. The molecule has 3 rings (SSSR count). The van der Waals surface area contributed by atoms with Gasteiger partial charge >= 0.3 is 5.97 Å². The van der Waals surface area contributed by atoms with E-state index in [-0.39, 0.29) is 0 Å². The summed E-state index contributed by atoms with van der Waals surface area (Å²) in [4.78, 5) is 14.0. The molecule has 134 valence electrons. The van der Waals surface area contributed by atoms with Crippen molar-refractivity contribution in [2.45, 2.75) is 25.4 Å². The molecular formula is C18H22ClN3O3. The number of ether oxygens (including phenoxy) is 1. The van der Waals surface area contributed by atoms with Gasteiger partial charge in [-0.05, 0) is 50.0 Å². The van der Waals surface area contributed by atoms with Crippen LogP contribution in [0.3, 0.4) is 0 Å². The van der Waals surface area contributed by atoms with Gasteiger partial charge in [-0.15, -0.1) is 0 Å². The Bertz CT molecular complexity index is 712. The number of hydrogen-bond acceptors (Lipinski definition) is 4. The summed E-state index contributed by atoms with van der Waals surface area (Å²) in [5.74, 6) is 0.106. The molecule has 25 heavy (non-hydrogen) atoms. The van der Waals surface area contributed by atoms with Gasteiger partial charge in [0.2, 0.25) is 0 Å². The van der Waals surface area contributed by atoms with Crippen LogP contribution in [0, 0.1) is 5.92 Å². The number of carboxylic acid groups (broad SMARTS) is 1. The predicted molar refractivity (Wildman–Crippen MR) is 94.9 cm³/mol. The van der Waals surface area contributed by atoms with Crippen LogP contribution in [-0.2, 0) is 11.3 Å². The normalized spacial score (nSPS) is 17.4. The molecule has 1 unspecified atom stereocenters. The molecule has 2 heterocycles. The maximum Gasteiger partial charge on any atom is 0.325 e. The first-order chi connectivity index (χ1) is 12.1. The first kappa shape index (κ1) is 17.8. The number of piperidine rings is 1. The molecule has 1 fully saturated rings.